The number of rotatable bonds is 7. The molecule has 1 aliphatic rings. The van der Waals surface area contributed by atoms with Crippen molar-refractivity contribution in [2.24, 2.45) is 11.7 Å². The van der Waals surface area contributed by atoms with Gasteiger partial charge in [-0.05, 0) is 25.8 Å². The van der Waals surface area contributed by atoms with Gasteiger partial charge in [-0.15, -0.1) is 0 Å². The minimum atomic E-state index is -1.08. The second-order valence-corrected chi connectivity index (χ2v) is 4.35. The Labute approximate surface area is 90.2 Å². The number of nitrogens with two attached hydrogens (primary N) is 1. The van der Waals surface area contributed by atoms with Crippen LogP contribution in [-0.4, -0.2) is 55.4 Å². The summed E-state index contributed by atoms with van der Waals surface area (Å²) in [5.74, 6) is -0.755. The highest BCUT2D eigenvalue weighted by Crippen LogP contribution is 2.38. The predicted octanol–water partition coefficient (Wildman–Crippen LogP) is -0.243. The number of aliphatic carboxylic acids is 1. The van der Waals surface area contributed by atoms with E-state index >= 15 is 0 Å². The molecule has 0 heterocycles. The van der Waals surface area contributed by atoms with Crippen LogP contribution in [0, 0.1) is 5.92 Å². The smallest absolute Gasteiger partial charge is 0.325 e. The van der Waals surface area contributed by atoms with Crippen molar-refractivity contribution in [3.05, 3.63) is 0 Å². The molecule has 1 rings (SSSR count). The normalized spacial score (nSPS) is 20.3. The van der Waals surface area contributed by atoms with Gasteiger partial charge < -0.3 is 20.5 Å². The number of carboxylic acid groups (broad SMARTS) is 1. The van der Waals surface area contributed by atoms with Crippen LogP contribution in [0.25, 0.3) is 0 Å². The molecule has 3 N–H and O–H groups in total. The molecule has 5 heteroatoms. The molecular weight excluding hydrogens is 196 g/mol. The number of carboxylic acids is 1. The van der Waals surface area contributed by atoms with Crippen LogP contribution < -0.4 is 5.73 Å². The molecule has 0 amide bonds. The first-order chi connectivity index (χ1) is 7.00. The van der Waals surface area contributed by atoms with Crippen molar-refractivity contribution in [3.8, 4) is 0 Å². The van der Waals surface area contributed by atoms with Gasteiger partial charge in [-0.2, -0.15) is 0 Å². The van der Waals surface area contributed by atoms with Crippen LogP contribution in [0.3, 0.4) is 0 Å². The highest BCUT2D eigenvalue weighted by Gasteiger charge is 2.48. The molecule has 0 bridgehead atoms. The van der Waals surface area contributed by atoms with E-state index in [-0.39, 0.29) is 5.92 Å². The maximum Gasteiger partial charge on any atom is 0.325 e. The molecule has 1 saturated carbocycles. The average molecular weight is 216 g/mol. The van der Waals surface area contributed by atoms with Crippen molar-refractivity contribution in [1.29, 1.82) is 0 Å². The lowest BCUT2D eigenvalue weighted by Gasteiger charge is -2.29. The molecule has 1 atom stereocenters. The fourth-order valence-electron chi connectivity index (χ4n) is 1.74. The van der Waals surface area contributed by atoms with Gasteiger partial charge in [0.2, 0.25) is 0 Å². The van der Waals surface area contributed by atoms with E-state index in [1.54, 1.807) is 7.11 Å². The van der Waals surface area contributed by atoms with Crippen LogP contribution in [-0.2, 0) is 9.53 Å². The van der Waals surface area contributed by atoms with E-state index in [0.717, 1.165) is 12.8 Å². The lowest BCUT2D eigenvalue weighted by Crippen LogP contribution is -2.57. The Morgan fingerprint density at radius 2 is 2.27 bits per heavy atom. The summed E-state index contributed by atoms with van der Waals surface area (Å²) in [5.41, 5.74) is 4.86. The Hall–Kier alpha value is -0.650. The third-order valence-corrected chi connectivity index (χ3v) is 2.91. The lowest BCUT2D eigenvalue weighted by atomic mass is 9.94. The molecule has 1 unspecified atom stereocenters. The number of methoxy groups -OCH3 is 1. The Balaban J connectivity index is 2.47. The van der Waals surface area contributed by atoms with Crippen molar-refractivity contribution < 1.29 is 14.6 Å². The van der Waals surface area contributed by atoms with E-state index < -0.39 is 11.5 Å². The van der Waals surface area contributed by atoms with Crippen molar-refractivity contribution in [2.45, 2.75) is 18.4 Å². The Morgan fingerprint density at radius 1 is 1.67 bits per heavy atom. The Morgan fingerprint density at radius 3 is 2.67 bits per heavy atom. The van der Waals surface area contributed by atoms with E-state index in [9.17, 15) is 4.79 Å². The molecule has 15 heavy (non-hydrogen) atoms. The molecule has 1 aliphatic carbocycles. The first kappa shape index (κ1) is 12.4. The summed E-state index contributed by atoms with van der Waals surface area (Å²) in [7, 11) is 3.49. The Bertz CT molecular complexity index is 231. The third kappa shape index (κ3) is 3.15. The van der Waals surface area contributed by atoms with Gasteiger partial charge in [-0.1, -0.05) is 0 Å². The molecule has 0 aliphatic heterocycles. The molecular formula is C10H20N2O3. The van der Waals surface area contributed by atoms with Crippen molar-refractivity contribution in [1.82, 2.24) is 4.90 Å². The van der Waals surface area contributed by atoms with Gasteiger partial charge in [0.05, 0.1) is 6.61 Å². The molecule has 0 aromatic carbocycles. The fourth-order valence-corrected chi connectivity index (χ4v) is 1.74. The molecule has 0 aromatic rings. The van der Waals surface area contributed by atoms with E-state index in [0.29, 0.717) is 19.7 Å². The summed E-state index contributed by atoms with van der Waals surface area (Å²) in [6.45, 7) is 1.68. The average Bonchev–Trinajstić information content (AvgIpc) is 2.97. The molecule has 0 saturated heterocycles. The van der Waals surface area contributed by atoms with Gasteiger partial charge in [-0.25, -0.2) is 0 Å². The van der Waals surface area contributed by atoms with Gasteiger partial charge in [0.1, 0.15) is 5.54 Å². The maximum atomic E-state index is 11.1. The molecule has 5 nitrogen and oxygen atoms in total. The topological polar surface area (TPSA) is 75.8 Å². The fraction of sp³-hybridized carbons (Fsp3) is 0.900. The number of likely N-dealkylation sites (N-methyl/N-ethyl adjacent to an activating group) is 1. The monoisotopic (exact) mass is 216 g/mol. The van der Waals surface area contributed by atoms with Crippen LogP contribution in [0.15, 0.2) is 0 Å². The summed E-state index contributed by atoms with van der Waals surface area (Å²) in [6, 6.07) is 0. The van der Waals surface area contributed by atoms with E-state index in [2.05, 4.69) is 0 Å². The Kier molecular flexibility index (Phi) is 4.07. The number of carbonyl (C=O) groups is 1. The van der Waals surface area contributed by atoms with E-state index in [4.69, 9.17) is 15.6 Å². The zero-order valence-corrected chi connectivity index (χ0v) is 9.40. The maximum absolute atomic E-state index is 11.1. The number of hydrogen-bond acceptors (Lipinski definition) is 4. The molecule has 0 spiro atoms. The minimum Gasteiger partial charge on any atom is -0.480 e. The summed E-state index contributed by atoms with van der Waals surface area (Å²) in [5, 5.41) is 9.13. The summed E-state index contributed by atoms with van der Waals surface area (Å²) < 4.78 is 4.93. The van der Waals surface area contributed by atoms with Crippen molar-refractivity contribution in [2.75, 3.05) is 33.9 Å². The van der Waals surface area contributed by atoms with Crippen molar-refractivity contribution >= 4 is 5.97 Å². The SMILES string of the molecule is COCCN(C)CC(N)(C(=O)O)C1CC1. The van der Waals surface area contributed by atoms with Crippen LogP contribution >= 0.6 is 0 Å². The summed E-state index contributed by atoms with van der Waals surface area (Å²) >= 11 is 0. The number of nitrogens with zero attached hydrogens (tertiary/aromatic N) is 1. The van der Waals surface area contributed by atoms with Crippen LogP contribution in [0.1, 0.15) is 12.8 Å². The number of hydrogen-bond donors (Lipinski definition) is 2. The van der Waals surface area contributed by atoms with Crippen LogP contribution in [0.2, 0.25) is 0 Å². The molecule has 88 valence electrons. The molecule has 1 fully saturated rings. The molecule has 0 aromatic heterocycles. The zero-order chi connectivity index (χ0) is 11.5. The van der Waals surface area contributed by atoms with Gasteiger partial charge in [0.15, 0.2) is 0 Å². The van der Waals surface area contributed by atoms with Crippen LogP contribution in [0.5, 0.6) is 0 Å². The van der Waals surface area contributed by atoms with Gasteiger partial charge in [0.25, 0.3) is 0 Å². The largest absolute Gasteiger partial charge is 0.480 e. The zero-order valence-electron chi connectivity index (χ0n) is 9.40. The second-order valence-electron chi connectivity index (χ2n) is 4.35. The lowest BCUT2D eigenvalue weighted by molar-refractivity contribution is -0.145. The first-order valence-electron chi connectivity index (χ1n) is 5.20. The predicted molar refractivity (Wildman–Crippen MR) is 56.7 cm³/mol. The highest BCUT2D eigenvalue weighted by atomic mass is 16.5. The summed E-state index contributed by atoms with van der Waals surface area (Å²) in [6.07, 6.45) is 1.86. The van der Waals surface area contributed by atoms with E-state index in [1.807, 2.05) is 11.9 Å². The van der Waals surface area contributed by atoms with Crippen LogP contribution in [0.4, 0.5) is 0 Å². The van der Waals surface area contributed by atoms with Gasteiger partial charge in [-0.3, -0.25) is 4.79 Å². The van der Waals surface area contributed by atoms with Gasteiger partial charge in [0, 0.05) is 20.2 Å². The highest BCUT2D eigenvalue weighted by molar-refractivity contribution is 5.79. The molecule has 0 radical (unpaired) electrons. The minimum absolute atomic E-state index is 0.139. The second kappa shape index (κ2) is 4.92. The number of ether oxygens (including phenoxy) is 1. The quantitative estimate of drug-likeness (QED) is 0.614. The standard InChI is InChI=1S/C10H20N2O3/c1-12(5-6-15-2)7-10(11,9(13)14)8-3-4-8/h8H,3-7,11H2,1-2H3,(H,13,14). The van der Waals surface area contributed by atoms with Gasteiger partial charge >= 0.3 is 5.97 Å². The van der Waals surface area contributed by atoms with E-state index in [1.165, 1.54) is 0 Å². The van der Waals surface area contributed by atoms with Crippen molar-refractivity contribution in [3.63, 3.8) is 0 Å². The summed E-state index contributed by atoms with van der Waals surface area (Å²) in [4.78, 5) is 13.0. The first-order valence-corrected chi connectivity index (χ1v) is 5.20. The third-order valence-electron chi connectivity index (χ3n) is 2.91.